The molecule has 0 unspecified atom stereocenters. The molecule has 0 heterocycles. The van der Waals surface area contributed by atoms with Crippen molar-refractivity contribution in [1.82, 2.24) is 0 Å². The average Bonchev–Trinajstić information content (AvgIpc) is 2.33. The van der Waals surface area contributed by atoms with Gasteiger partial charge in [-0.25, -0.2) is 0 Å². The third-order valence-electron chi connectivity index (χ3n) is 3.22. The van der Waals surface area contributed by atoms with Crippen LogP contribution in [0.15, 0.2) is 18.2 Å². The number of ether oxygens (including phenoxy) is 2. The van der Waals surface area contributed by atoms with Gasteiger partial charge in [0.05, 0.1) is 19.8 Å². The van der Waals surface area contributed by atoms with E-state index in [-0.39, 0.29) is 17.7 Å². The van der Waals surface area contributed by atoms with Gasteiger partial charge in [-0.1, -0.05) is 0 Å². The molecule has 1 saturated carbocycles. The van der Waals surface area contributed by atoms with Gasteiger partial charge in [0.25, 0.3) is 0 Å². The van der Waals surface area contributed by atoms with Gasteiger partial charge in [-0.05, 0) is 25.0 Å². The lowest BCUT2D eigenvalue weighted by atomic mass is 9.76. The first-order valence-electron chi connectivity index (χ1n) is 5.67. The minimum absolute atomic E-state index is 0.0484. The van der Waals surface area contributed by atoms with E-state index in [1.54, 1.807) is 32.4 Å². The molecule has 0 radical (unpaired) electrons. The van der Waals surface area contributed by atoms with Crippen molar-refractivity contribution in [3.8, 4) is 11.5 Å². The first-order chi connectivity index (χ1) is 8.15. The summed E-state index contributed by atoms with van der Waals surface area (Å²) in [6.45, 7) is 0. The molecule has 4 nitrogen and oxygen atoms in total. The summed E-state index contributed by atoms with van der Waals surface area (Å²) < 4.78 is 10.3. The molecule has 4 heteroatoms. The molecule has 0 atom stereocenters. The lowest BCUT2D eigenvalue weighted by Gasteiger charge is -2.31. The molecule has 1 aliphatic rings. The molecule has 0 amide bonds. The number of rotatable bonds is 4. The van der Waals surface area contributed by atoms with Crippen LogP contribution in [0.3, 0.4) is 0 Å². The number of benzene rings is 1. The van der Waals surface area contributed by atoms with Crippen LogP contribution < -0.4 is 15.2 Å². The molecule has 2 N–H and O–H groups in total. The normalized spacial score (nSPS) is 22.8. The number of methoxy groups -OCH3 is 2. The molecule has 0 bridgehead atoms. The van der Waals surface area contributed by atoms with E-state index >= 15 is 0 Å². The minimum atomic E-state index is 0.0484. The van der Waals surface area contributed by atoms with E-state index in [2.05, 4.69) is 0 Å². The van der Waals surface area contributed by atoms with E-state index < -0.39 is 0 Å². The summed E-state index contributed by atoms with van der Waals surface area (Å²) in [5, 5.41) is 0. The molecule has 92 valence electrons. The Balaban J connectivity index is 2.22. The largest absolute Gasteiger partial charge is 0.497 e. The SMILES string of the molecule is COc1ccc(C(=O)C2CC(N)C2)c(OC)c1. The number of carbonyl (C=O) groups is 1. The second-order valence-electron chi connectivity index (χ2n) is 4.36. The number of nitrogens with two attached hydrogens (primary N) is 1. The summed E-state index contributed by atoms with van der Waals surface area (Å²) in [4.78, 5) is 12.2. The van der Waals surface area contributed by atoms with E-state index in [1.165, 1.54) is 0 Å². The lowest BCUT2D eigenvalue weighted by Crippen LogP contribution is -2.40. The van der Waals surface area contributed by atoms with Crippen LogP contribution >= 0.6 is 0 Å². The fraction of sp³-hybridized carbons (Fsp3) is 0.462. The Morgan fingerprint density at radius 2 is 2.00 bits per heavy atom. The summed E-state index contributed by atoms with van der Waals surface area (Å²) in [7, 11) is 3.14. The summed E-state index contributed by atoms with van der Waals surface area (Å²) in [5.74, 6) is 1.41. The third-order valence-corrected chi connectivity index (χ3v) is 3.22. The van der Waals surface area contributed by atoms with Gasteiger partial charge in [-0.15, -0.1) is 0 Å². The van der Waals surface area contributed by atoms with E-state index in [9.17, 15) is 4.79 Å². The Bertz CT molecular complexity index is 425. The first-order valence-corrected chi connectivity index (χ1v) is 5.67. The van der Waals surface area contributed by atoms with Crippen LogP contribution in [0.4, 0.5) is 0 Å². The molecule has 2 rings (SSSR count). The third kappa shape index (κ3) is 2.26. The molecule has 0 aliphatic heterocycles. The van der Waals surface area contributed by atoms with Gasteiger partial charge in [0.2, 0.25) is 0 Å². The number of hydrogen-bond acceptors (Lipinski definition) is 4. The van der Waals surface area contributed by atoms with Crippen molar-refractivity contribution in [3.63, 3.8) is 0 Å². The molecule has 1 aliphatic carbocycles. The Morgan fingerprint density at radius 3 is 2.53 bits per heavy atom. The van der Waals surface area contributed by atoms with E-state index in [0.29, 0.717) is 17.1 Å². The van der Waals surface area contributed by atoms with E-state index in [1.807, 2.05) is 0 Å². The Morgan fingerprint density at radius 1 is 1.29 bits per heavy atom. The summed E-state index contributed by atoms with van der Waals surface area (Å²) >= 11 is 0. The zero-order chi connectivity index (χ0) is 12.4. The zero-order valence-electron chi connectivity index (χ0n) is 10.1. The predicted molar refractivity (Wildman–Crippen MR) is 64.6 cm³/mol. The number of hydrogen-bond donors (Lipinski definition) is 1. The first kappa shape index (κ1) is 11.9. The van der Waals surface area contributed by atoms with Crippen LogP contribution in [0.25, 0.3) is 0 Å². The average molecular weight is 235 g/mol. The second kappa shape index (κ2) is 4.75. The van der Waals surface area contributed by atoms with Gasteiger partial charge in [-0.3, -0.25) is 4.79 Å². The molecule has 0 saturated heterocycles. The Hall–Kier alpha value is -1.55. The second-order valence-corrected chi connectivity index (χ2v) is 4.36. The van der Waals surface area contributed by atoms with Gasteiger partial charge in [0.1, 0.15) is 11.5 Å². The van der Waals surface area contributed by atoms with Gasteiger partial charge in [0, 0.05) is 18.0 Å². The van der Waals surface area contributed by atoms with Crippen molar-refractivity contribution < 1.29 is 14.3 Å². The number of ketones is 1. The van der Waals surface area contributed by atoms with E-state index in [0.717, 1.165) is 12.8 Å². The molecule has 1 aromatic carbocycles. The molecule has 0 aromatic heterocycles. The molecule has 1 fully saturated rings. The highest BCUT2D eigenvalue weighted by Gasteiger charge is 2.33. The fourth-order valence-corrected chi connectivity index (χ4v) is 2.10. The van der Waals surface area contributed by atoms with Crippen LogP contribution in [-0.4, -0.2) is 26.0 Å². The smallest absolute Gasteiger partial charge is 0.169 e. The highest BCUT2D eigenvalue weighted by Crippen LogP contribution is 2.33. The van der Waals surface area contributed by atoms with Crippen LogP contribution in [0, 0.1) is 5.92 Å². The van der Waals surface area contributed by atoms with Crippen LogP contribution in [-0.2, 0) is 0 Å². The number of Topliss-reactive ketones (excluding diaryl/α,β-unsaturated/α-hetero) is 1. The van der Waals surface area contributed by atoms with Gasteiger partial charge >= 0.3 is 0 Å². The lowest BCUT2D eigenvalue weighted by molar-refractivity contribution is 0.0829. The minimum Gasteiger partial charge on any atom is -0.497 e. The quantitative estimate of drug-likeness (QED) is 0.806. The van der Waals surface area contributed by atoms with Crippen molar-refractivity contribution in [2.45, 2.75) is 18.9 Å². The predicted octanol–water partition coefficient (Wildman–Crippen LogP) is 1.62. The molecule has 0 spiro atoms. The molecular weight excluding hydrogens is 218 g/mol. The molecule has 1 aromatic rings. The Labute approximate surface area is 101 Å². The monoisotopic (exact) mass is 235 g/mol. The van der Waals surface area contributed by atoms with Crippen LogP contribution in [0.2, 0.25) is 0 Å². The van der Waals surface area contributed by atoms with Crippen LogP contribution in [0.1, 0.15) is 23.2 Å². The summed E-state index contributed by atoms with van der Waals surface area (Å²) in [5.41, 5.74) is 6.31. The van der Waals surface area contributed by atoms with E-state index in [4.69, 9.17) is 15.2 Å². The van der Waals surface area contributed by atoms with Gasteiger partial charge in [-0.2, -0.15) is 0 Å². The zero-order valence-corrected chi connectivity index (χ0v) is 10.1. The number of carbonyl (C=O) groups excluding carboxylic acids is 1. The maximum Gasteiger partial charge on any atom is 0.169 e. The highest BCUT2D eigenvalue weighted by atomic mass is 16.5. The topological polar surface area (TPSA) is 61.5 Å². The van der Waals surface area contributed by atoms with Gasteiger partial charge in [0.15, 0.2) is 5.78 Å². The van der Waals surface area contributed by atoms with Crippen molar-refractivity contribution >= 4 is 5.78 Å². The highest BCUT2D eigenvalue weighted by molar-refractivity contribution is 6.01. The van der Waals surface area contributed by atoms with Crippen molar-refractivity contribution in [3.05, 3.63) is 23.8 Å². The maximum atomic E-state index is 12.2. The van der Waals surface area contributed by atoms with Crippen LogP contribution in [0.5, 0.6) is 11.5 Å². The van der Waals surface area contributed by atoms with Crippen molar-refractivity contribution in [2.75, 3.05) is 14.2 Å². The molecule has 17 heavy (non-hydrogen) atoms. The van der Waals surface area contributed by atoms with Gasteiger partial charge < -0.3 is 15.2 Å². The summed E-state index contributed by atoms with van der Waals surface area (Å²) in [6, 6.07) is 5.43. The van der Waals surface area contributed by atoms with Crippen molar-refractivity contribution in [1.29, 1.82) is 0 Å². The summed E-state index contributed by atoms with van der Waals surface area (Å²) in [6.07, 6.45) is 1.54. The molecular formula is C13H17NO3. The van der Waals surface area contributed by atoms with Crippen molar-refractivity contribution in [2.24, 2.45) is 11.7 Å². The maximum absolute atomic E-state index is 12.2. The fourth-order valence-electron chi connectivity index (χ4n) is 2.10. The standard InChI is InChI=1S/C13H17NO3/c1-16-10-3-4-11(12(7-10)17-2)13(15)8-5-9(14)6-8/h3-4,7-9H,5-6,14H2,1-2H3. The Kier molecular flexibility index (Phi) is 3.33.